The Bertz CT molecular complexity index is 839. The second-order valence-corrected chi connectivity index (χ2v) is 7.27. The lowest BCUT2D eigenvalue weighted by Gasteiger charge is -2.37. The number of carbonyl (C=O) groups is 5. The molecular formula is C17H22N6O6. The molecule has 1 aromatic heterocycles. The van der Waals surface area contributed by atoms with Gasteiger partial charge in [-0.05, 0) is 13.5 Å². The Hall–Kier alpha value is -3.12. The Balaban J connectivity index is 1.92. The van der Waals surface area contributed by atoms with E-state index in [9.17, 15) is 29.1 Å². The van der Waals surface area contributed by atoms with Crippen molar-refractivity contribution in [3.63, 3.8) is 0 Å². The first-order valence-corrected chi connectivity index (χ1v) is 9.03. The second-order valence-electron chi connectivity index (χ2n) is 7.27. The van der Waals surface area contributed by atoms with Crippen LogP contribution in [0.1, 0.15) is 18.5 Å². The molecule has 3 amide bonds. The summed E-state index contributed by atoms with van der Waals surface area (Å²) in [6.07, 6.45) is 2.65. The van der Waals surface area contributed by atoms with Crippen LogP contribution in [0, 0.1) is 5.92 Å². The van der Waals surface area contributed by atoms with E-state index in [1.54, 1.807) is 0 Å². The Morgan fingerprint density at radius 3 is 2.72 bits per heavy atom. The zero-order valence-corrected chi connectivity index (χ0v) is 15.7. The lowest BCUT2D eigenvalue weighted by molar-refractivity contribution is -0.161. The summed E-state index contributed by atoms with van der Waals surface area (Å²) in [6, 6.07) is -3.25. The van der Waals surface area contributed by atoms with Crippen molar-refractivity contribution in [3.8, 4) is 0 Å². The first-order valence-electron chi connectivity index (χ1n) is 9.03. The number of imidazole rings is 1. The Morgan fingerprint density at radius 1 is 1.41 bits per heavy atom. The van der Waals surface area contributed by atoms with Crippen molar-refractivity contribution in [1.82, 2.24) is 25.5 Å². The molecule has 0 aliphatic carbocycles. The fourth-order valence-electron chi connectivity index (χ4n) is 4.13. The number of hydrogen-bond acceptors (Lipinski definition) is 8. The normalized spacial score (nSPS) is 28.5. The highest BCUT2D eigenvalue weighted by atomic mass is 16.4. The number of carboxylic acids is 1. The number of nitrogens with one attached hydrogen (secondary N) is 3. The molecule has 1 aromatic rings. The number of H-pyrrole nitrogens is 1. The van der Waals surface area contributed by atoms with E-state index in [0.29, 0.717) is 5.69 Å². The van der Waals surface area contributed by atoms with Crippen LogP contribution in [0.25, 0.3) is 0 Å². The minimum atomic E-state index is -2.19. The number of hydrogen-bond donors (Lipinski definition) is 5. The number of carbonyl (C=O) groups excluding carboxylic acids is 4. The van der Waals surface area contributed by atoms with Gasteiger partial charge in [0, 0.05) is 24.9 Å². The van der Waals surface area contributed by atoms with Crippen molar-refractivity contribution < 1.29 is 29.1 Å². The zero-order valence-electron chi connectivity index (χ0n) is 15.7. The van der Waals surface area contributed by atoms with Crippen LogP contribution >= 0.6 is 0 Å². The molecule has 0 saturated carbocycles. The number of Topliss-reactive ketones (excluding diaryl/α,β-unsaturated/α-hetero) is 2. The highest BCUT2D eigenvalue weighted by Gasteiger charge is 2.63. The van der Waals surface area contributed by atoms with Gasteiger partial charge in [-0.25, -0.2) is 14.6 Å². The van der Waals surface area contributed by atoms with Crippen molar-refractivity contribution in [2.75, 3.05) is 13.6 Å². The molecule has 156 valence electrons. The summed E-state index contributed by atoms with van der Waals surface area (Å²) in [4.78, 5) is 69.9. The van der Waals surface area contributed by atoms with Crippen molar-refractivity contribution in [2.45, 2.75) is 36.9 Å². The smallest absolute Gasteiger partial charge is 0.332 e. The van der Waals surface area contributed by atoms with Gasteiger partial charge < -0.3 is 21.1 Å². The Morgan fingerprint density at radius 2 is 2.14 bits per heavy atom. The number of aromatic nitrogens is 2. The first kappa shape index (κ1) is 20.6. The van der Waals surface area contributed by atoms with Crippen molar-refractivity contribution in [2.24, 2.45) is 11.7 Å². The number of carboxylic acid groups (broad SMARTS) is 1. The molecule has 12 heteroatoms. The van der Waals surface area contributed by atoms with Gasteiger partial charge >= 0.3 is 12.0 Å². The highest BCUT2D eigenvalue weighted by molar-refractivity contribution is 6.15. The average Bonchev–Trinajstić information content (AvgIpc) is 3.27. The number of rotatable bonds is 7. The number of ketones is 2. The molecule has 2 saturated heterocycles. The van der Waals surface area contributed by atoms with E-state index in [1.165, 1.54) is 24.5 Å². The van der Waals surface area contributed by atoms with Gasteiger partial charge in [0.15, 0.2) is 17.1 Å². The van der Waals surface area contributed by atoms with E-state index in [4.69, 9.17) is 5.73 Å². The van der Waals surface area contributed by atoms with Gasteiger partial charge in [-0.1, -0.05) is 0 Å². The third-order valence-electron chi connectivity index (χ3n) is 5.53. The molecule has 12 nitrogen and oxygen atoms in total. The number of aromatic amines is 1. The maximum atomic E-state index is 13.3. The summed E-state index contributed by atoms with van der Waals surface area (Å²) in [5.41, 5.74) is 4.39. The van der Waals surface area contributed by atoms with E-state index in [-0.39, 0.29) is 25.8 Å². The lowest BCUT2D eigenvalue weighted by atomic mass is 9.74. The lowest BCUT2D eigenvalue weighted by Crippen LogP contribution is -2.67. The largest absolute Gasteiger partial charge is 0.480 e. The van der Waals surface area contributed by atoms with Crippen LogP contribution in [0.3, 0.4) is 0 Å². The number of likely N-dealkylation sites (N-methyl/N-ethyl adjacent to an activating group) is 1. The summed E-state index contributed by atoms with van der Waals surface area (Å²) in [7, 11) is 1.44. The molecular weight excluding hydrogens is 384 g/mol. The van der Waals surface area contributed by atoms with Gasteiger partial charge in [-0.15, -0.1) is 0 Å². The predicted octanol–water partition coefficient (Wildman–Crippen LogP) is -2.21. The van der Waals surface area contributed by atoms with Crippen LogP contribution < -0.4 is 16.4 Å². The maximum absolute atomic E-state index is 13.3. The number of imide groups is 1. The van der Waals surface area contributed by atoms with Crippen LogP contribution in [0.15, 0.2) is 12.5 Å². The van der Waals surface area contributed by atoms with Crippen LogP contribution in [-0.4, -0.2) is 80.7 Å². The molecule has 0 aromatic carbocycles. The molecule has 0 spiro atoms. The van der Waals surface area contributed by atoms with Gasteiger partial charge in [0.2, 0.25) is 5.91 Å². The van der Waals surface area contributed by atoms with Crippen molar-refractivity contribution >= 4 is 29.5 Å². The highest BCUT2D eigenvalue weighted by Crippen LogP contribution is 2.38. The molecule has 4 unspecified atom stereocenters. The van der Waals surface area contributed by atoms with E-state index in [2.05, 4.69) is 15.3 Å². The van der Waals surface area contributed by atoms with E-state index >= 15 is 0 Å². The summed E-state index contributed by atoms with van der Waals surface area (Å²) >= 11 is 0. The van der Waals surface area contributed by atoms with E-state index in [0.717, 1.165) is 0 Å². The maximum Gasteiger partial charge on any atom is 0.332 e. The molecule has 29 heavy (non-hydrogen) atoms. The number of nitrogens with zero attached hydrogens (tertiary/aromatic N) is 2. The third-order valence-corrected chi connectivity index (χ3v) is 5.53. The first-order chi connectivity index (χ1) is 13.7. The number of amides is 3. The van der Waals surface area contributed by atoms with E-state index < -0.39 is 53.0 Å². The number of urea groups is 1. The Labute approximate surface area is 165 Å². The van der Waals surface area contributed by atoms with Gasteiger partial charge in [0.05, 0.1) is 30.7 Å². The van der Waals surface area contributed by atoms with Crippen molar-refractivity contribution in [1.29, 1.82) is 0 Å². The Kier molecular flexibility index (Phi) is 5.48. The predicted molar refractivity (Wildman–Crippen MR) is 96.5 cm³/mol. The molecule has 3 rings (SSSR count). The summed E-state index contributed by atoms with van der Waals surface area (Å²) in [5.74, 6) is -4.90. The summed E-state index contributed by atoms with van der Waals surface area (Å²) in [6.45, 7) is 0.165. The number of aliphatic carboxylic acids is 1. The van der Waals surface area contributed by atoms with Gasteiger partial charge in [-0.3, -0.25) is 24.6 Å². The molecule has 2 aliphatic heterocycles. The molecule has 3 heterocycles. The van der Waals surface area contributed by atoms with Crippen LogP contribution in [0.5, 0.6) is 0 Å². The minimum absolute atomic E-state index is 0.0190. The topological polar surface area (TPSA) is 188 Å². The fourth-order valence-corrected chi connectivity index (χ4v) is 4.13. The molecule has 4 atom stereocenters. The van der Waals surface area contributed by atoms with Crippen molar-refractivity contribution in [3.05, 3.63) is 18.2 Å². The molecule has 2 aliphatic rings. The SMILES string of the molecule is CN1CCC(C(=O)C2CC(=O)NC(=O)N2)C1(C(=O)O)C(=O)C(N)Cc1cnc[nH]1. The fraction of sp³-hybridized carbons (Fsp3) is 0.529. The van der Waals surface area contributed by atoms with Gasteiger partial charge in [0.25, 0.3) is 0 Å². The standard InChI is InChI=1S/C17H22N6O6/c1-23-3-2-9(13(25)11-5-12(24)22-16(29)21-11)17(23,15(27)28)14(26)10(18)4-8-6-19-7-20-8/h6-7,9-11H,2-5,18H2,1H3,(H,19,20)(H,27,28)(H2,21,22,24,29). The molecule has 0 bridgehead atoms. The molecule has 0 radical (unpaired) electrons. The van der Waals surface area contributed by atoms with Crippen LogP contribution in [-0.2, 0) is 25.6 Å². The van der Waals surface area contributed by atoms with Crippen LogP contribution in [0.4, 0.5) is 4.79 Å². The molecule has 6 N–H and O–H groups in total. The number of likely N-dealkylation sites (tertiary alicyclic amines) is 1. The quantitative estimate of drug-likeness (QED) is 0.313. The second kappa shape index (κ2) is 7.72. The van der Waals surface area contributed by atoms with Gasteiger partial charge in [-0.2, -0.15) is 0 Å². The summed E-state index contributed by atoms with van der Waals surface area (Å²) in [5, 5.41) is 14.4. The monoisotopic (exact) mass is 406 g/mol. The zero-order chi connectivity index (χ0) is 21.3. The summed E-state index contributed by atoms with van der Waals surface area (Å²) < 4.78 is 0. The van der Waals surface area contributed by atoms with Gasteiger partial charge in [0.1, 0.15) is 0 Å². The minimum Gasteiger partial charge on any atom is -0.480 e. The van der Waals surface area contributed by atoms with Crippen LogP contribution in [0.2, 0.25) is 0 Å². The van der Waals surface area contributed by atoms with E-state index in [1.807, 2.05) is 5.32 Å². The average molecular weight is 406 g/mol. The third kappa shape index (κ3) is 3.51. The number of nitrogens with two attached hydrogens (primary N) is 1. The molecule has 2 fully saturated rings.